The molecule has 0 bridgehead atoms. The zero-order valence-electron chi connectivity index (χ0n) is 45.6. The molecule has 12 aromatic rings. The minimum Gasteiger partial charge on any atom is -0.418 e. The third kappa shape index (κ3) is 8.26. The molecule has 12 aromatic carbocycles. The Kier molecular flexibility index (Phi) is 11.6. The number of carbonyl (C=O) groups is 4. The van der Waals surface area contributed by atoms with Crippen molar-refractivity contribution in [1.82, 2.24) is 0 Å². The first-order valence-corrected chi connectivity index (χ1v) is 28.1. The number of nitrogens with zero attached hydrogens (tertiary/aromatic N) is 2. The lowest BCUT2D eigenvalue weighted by Gasteiger charge is -2.28. The lowest BCUT2D eigenvalue weighted by atomic mass is 9.97. The fraction of sp³-hybridized carbons (Fsp3) is 0. The highest BCUT2D eigenvalue weighted by atomic mass is 16.6. The lowest BCUT2D eigenvalue weighted by molar-refractivity contribution is -0.132. The monoisotopic (exact) mass is 1110 g/mol. The zero-order chi connectivity index (χ0) is 57.6. The van der Waals surface area contributed by atoms with Crippen LogP contribution in [0.5, 0.6) is 0 Å². The molecular weight excluding hydrogens is 1070 g/mol. The maximum Gasteiger partial charge on any atom is 0.348 e. The summed E-state index contributed by atoms with van der Waals surface area (Å²) in [5, 5.41) is 8.17. The van der Waals surface area contributed by atoms with E-state index in [9.17, 15) is 19.2 Å². The zero-order valence-corrected chi connectivity index (χ0v) is 45.6. The Morgan fingerprint density at radius 3 is 1.09 bits per heavy atom. The molecule has 10 heteroatoms. The van der Waals surface area contributed by atoms with Crippen LogP contribution in [-0.2, 0) is 38.1 Å². The fourth-order valence-electron chi connectivity index (χ4n) is 12.3. The van der Waals surface area contributed by atoms with E-state index >= 15 is 0 Å². The fourth-order valence-corrected chi connectivity index (χ4v) is 12.3. The molecule has 0 spiro atoms. The normalized spacial score (nSPS) is 14.6. The first-order chi connectivity index (χ1) is 42.3. The minimum absolute atomic E-state index is 0.102. The molecule has 0 N–H and O–H groups in total. The highest BCUT2D eigenvalue weighted by Gasteiger charge is 2.45. The Morgan fingerprint density at radius 2 is 0.570 bits per heavy atom. The van der Waals surface area contributed by atoms with E-state index in [4.69, 9.17) is 18.9 Å². The molecule has 16 rings (SSSR count). The second-order valence-electron chi connectivity index (χ2n) is 21.4. The van der Waals surface area contributed by atoms with Gasteiger partial charge in [0.15, 0.2) is 23.0 Å². The maximum absolute atomic E-state index is 13.9. The van der Waals surface area contributed by atoms with E-state index in [-0.39, 0.29) is 45.3 Å². The van der Waals surface area contributed by atoms with Crippen molar-refractivity contribution in [2.75, 3.05) is 9.80 Å². The van der Waals surface area contributed by atoms with Gasteiger partial charge in [-0.3, -0.25) is 0 Å². The van der Waals surface area contributed by atoms with E-state index in [0.29, 0.717) is 22.3 Å². The molecule has 0 aliphatic carbocycles. The van der Waals surface area contributed by atoms with E-state index < -0.39 is 23.9 Å². The maximum atomic E-state index is 13.9. The van der Waals surface area contributed by atoms with E-state index in [1.807, 2.05) is 146 Å². The van der Waals surface area contributed by atoms with Gasteiger partial charge in [0.1, 0.15) is 22.3 Å². The van der Waals surface area contributed by atoms with Gasteiger partial charge in [0.2, 0.25) is 0 Å². The van der Waals surface area contributed by atoms with Crippen molar-refractivity contribution >= 4 is 123 Å². The number of ether oxygens (including phenoxy) is 4. The molecule has 4 heterocycles. The Labute approximate surface area is 492 Å². The lowest BCUT2D eigenvalue weighted by Crippen LogP contribution is -2.11. The molecule has 10 nitrogen and oxygen atoms in total. The number of benzene rings is 12. The molecule has 406 valence electrons. The van der Waals surface area contributed by atoms with Crippen molar-refractivity contribution in [3.63, 3.8) is 0 Å². The summed E-state index contributed by atoms with van der Waals surface area (Å²) in [6.45, 7) is 0. The number of hydrogen-bond donors (Lipinski definition) is 0. The van der Waals surface area contributed by atoms with E-state index in [0.717, 1.165) is 88.3 Å². The Hall–Kier alpha value is -11.9. The van der Waals surface area contributed by atoms with Gasteiger partial charge in [-0.1, -0.05) is 188 Å². The third-order valence-corrected chi connectivity index (χ3v) is 16.4. The van der Waals surface area contributed by atoms with Gasteiger partial charge in [0, 0.05) is 33.5 Å². The summed E-state index contributed by atoms with van der Waals surface area (Å²) in [5.41, 5.74) is 10.6. The van der Waals surface area contributed by atoms with Crippen molar-refractivity contribution < 1.29 is 38.1 Å². The van der Waals surface area contributed by atoms with Crippen LogP contribution in [0.1, 0.15) is 22.3 Å². The smallest absolute Gasteiger partial charge is 0.348 e. The number of fused-ring (bicyclic) bond motifs is 6. The Morgan fingerprint density at radius 1 is 0.221 bits per heavy atom. The molecule has 0 saturated heterocycles. The van der Waals surface area contributed by atoms with E-state index in [1.54, 1.807) is 12.1 Å². The van der Waals surface area contributed by atoms with Gasteiger partial charge in [-0.15, -0.1) is 0 Å². The van der Waals surface area contributed by atoms with Crippen LogP contribution in [0.25, 0.3) is 76.5 Å². The van der Waals surface area contributed by atoms with Crippen molar-refractivity contribution in [2.45, 2.75) is 0 Å². The van der Waals surface area contributed by atoms with Crippen LogP contribution >= 0.6 is 0 Å². The number of hydrogen-bond acceptors (Lipinski definition) is 10. The summed E-state index contributed by atoms with van der Waals surface area (Å²) in [6, 6.07) is 88.4. The van der Waals surface area contributed by atoms with Crippen LogP contribution in [0.4, 0.5) is 34.1 Å². The van der Waals surface area contributed by atoms with Gasteiger partial charge in [-0.05, 0) is 145 Å². The van der Waals surface area contributed by atoms with E-state index in [1.165, 1.54) is 0 Å². The summed E-state index contributed by atoms with van der Waals surface area (Å²) in [6.07, 6.45) is 0. The number of rotatable bonds is 11. The molecule has 0 aromatic heterocycles. The van der Waals surface area contributed by atoms with Crippen LogP contribution in [-0.4, -0.2) is 23.9 Å². The summed E-state index contributed by atoms with van der Waals surface area (Å²) < 4.78 is 23.3. The third-order valence-electron chi connectivity index (χ3n) is 16.4. The largest absolute Gasteiger partial charge is 0.418 e. The van der Waals surface area contributed by atoms with Crippen molar-refractivity contribution in [2.24, 2.45) is 0 Å². The number of para-hydroxylation sites is 1. The number of carbonyl (C=O) groups excluding carboxylic acids is 4. The van der Waals surface area contributed by atoms with Gasteiger partial charge in [-0.2, -0.15) is 0 Å². The average molecular weight is 1110 g/mol. The van der Waals surface area contributed by atoms with Crippen LogP contribution in [0.15, 0.2) is 290 Å². The van der Waals surface area contributed by atoms with Crippen molar-refractivity contribution in [3.05, 3.63) is 312 Å². The average Bonchev–Trinajstić information content (AvgIpc) is 1.74. The summed E-state index contributed by atoms with van der Waals surface area (Å²) in [4.78, 5) is 58.8. The van der Waals surface area contributed by atoms with Crippen LogP contribution in [0, 0.1) is 0 Å². The van der Waals surface area contributed by atoms with Gasteiger partial charge in [-0.25, -0.2) is 19.2 Å². The van der Waals surface area contributed by atoms with Gasteiger partial charge in [0.05, 0.1) is 11.4 Å². The highest BCUT2D eigenvalue weighted by molar-refractivity contribution is 6.30. The molecule has 0 saturated carbocycles. The van der Waals surface area contributed by atoms with Crippen molar-refractivity contribution in [1.29, 1.82) is 0 Å². The quantitative estimate of drug-likeness (QED) is 0.0917. The summed E-state index contributed by atoms with van der Waals surface area (Å²) in [5.74, 6) is -1.87. The van der Waals surface area contributed by atoms with Crippen molar-refractivity contribution in [3.8, 4) is 11.1 Å². The van der Waals surface area contributed by atoms with Gasteiger partial charge >= 0.3 is 23.9 Å². The Balaban J connectivity index is 0.692. The Bertz CT molecular complexity index is 4990. The first kappa shape index (κ1) is 49.9. The standard InChI is InChI=1S/C76H44N2O8/c79-73-65(48-16-3-1-4-17-48)69-71(84-73)67(75(81)83-69)55-30-28-52-43-59(38-34-50(52)41-55)77(57-22-5-2-6-23-57)58-36-32-45(33-37-58)49-20-11-21-54(40-49)66-70-72(86-74(66)80)68(76(82)85-70)56-31-29-53-44-60(39-35-51(53)42-56)78(63-26-12-18-46-14-7-9-24-61(46)63)64-27-13-19-47-15-8-10-25-62(47)64/h1-44H. The summed E-state index contributed by atoms with van der Waals surface area (Å²) >= 11 is 0. The highest BCUT2D eigenvalue weighted by Crippen LogP contribution is 2.48. The molecule has 86 heavy (non-hydrogen) atoms. The molecule has 4 aliphatic heterocycles. The molecule has 0 atom stereocenters. The number of anilines is 6. The predicted octanol–water partition coefficient (Wildman–Crippen LogP) is 17.4. The second kappa shape index (κ2) is 19.9. The second-order valence-corrected chi connectivity index (χ2v) is 21.4. The number of esters is 4. The topological polar surface area (TPSA) is 112 Å². The molecule has 4 aliphatic rings. The first-order valence-electron chi connectivity index (χ1n) is 28.1. The molecular formula is C76H44N2O8. The SMILES string of the molecule is O=C1OC2=C(c3ccc4cc(N(c5ccccc5)c5ccc(-c6cccc(C7=C8OC(=O)C(c9ccc%10cc(N(c%11cccc%12ccccc%11%12)c%11cccc%12ccccc%11%12)ccc%10c9)=C8OC7=O)c6)cc5)ccc4c3)C(=O)OC2=C1c1ccccc1. The van der Waals surface area contributed by atoms with Gasteiger partial charge < -0.3 is 28.7 Å². The van der Waals surface area contributed by atoms with Crippen LogP contribution in [0.3, 0.4) is 0 Å². The summed E-state index contributed by atoms with van der Waals surface area (Å²) in [7, 11) is 0. The molecule has 0 radical (unpaired) electrons. The van der Waals surface area contributed by atoms with Crippen LogP contribution in [0.2, 0.25) is 0 Å². The van der Waals surface area contributed by atoms with E-state index in [2.05, 4.69) is 119 Å². The molecule has 0 amide bonds. The molecule has 0 fully saturated rings. The van der Waals surface area contributed by atoms with Gasteiger partial charge in [0.25, 0.3) is 0 Å². The molecule has 0 unspecified atom stereocenters. The predicted molar refractivity (Wildman–Crippen MR) is 336 cm³/mol. The minimum atomic E-state index is -0.605. The van der Waals surface area contributed by atoms with Crippen LogP contribution < -0.4 is 9.80 Å².